The Morgan fingerprint density at radius 1 is 0.889 bits per heavy atom. The lowest BCUT2D eigenvalue weighted by molar-refractivity contribution is -0.291. The van der Waals surface area contributed by atoms with Crippen LogP contribution >= 0.6 is 34.8 Å². The second-order valence-electron chi connectivity index (χ2n) is 4.94. The normalized spacial score (nSPS) is 13.1. The number of aromatic nitrogens is 2. The van der Waals surface area contributed by atoms with Crippen molar-refractivity contribution in [2.75, 3.05) is 0 Å². The Hall–Kier alpha value is -1.59. The largest absolute Gasteiger partial charge is 0.459 e. The van der Waals surface area contributed by atoms with Crippen LogP contribution in [0.2, 0.25) is 15.1 Å². The second kappa shape index (κ2) is 6.78. The van der Waals surface area contributed by atoms with E-state index >= 15 is 0 Å². The van der Waals surface area contributed by atoms with Gasteiger partial charge >= 0.3 is 18.3 Å². The molecule has 1 heterocycles. The summed E-state index contributed by atoms with van der Waals surface area (Å²) in [4.78, 5) is 14.9. The summed E-state index contributed by atoms with van der Waals surface area (Å²) in [7, 11) is 0. The lowest BCUT2D eigenvalue weighted by atomic mass is 10.2. The molecule has 148 valence electrons. The van der Waals surface area contributed by atoms with Crippen molar-refractivity contribution in [2.45, 2.75) is 18.3 Å². The Morgan fingerprint density at radius 3 is 1.78 bits per heavy atom. The van der Waals surface area contributed by atoms with E-state index in [1.807, 2.05) is 0 Å². The Kier molecular flexibility index (Phi) is 5.45. The Bertz CT molecular complexity index is 929. The Labute approximate surface area is 159 Å². The smallest absolute Gasteiger partial charge is 0.267 e. The summed E-state index contributed by atoms with van der Waals surface area (Å²) in [5, 5.41) is -3.10. The molecule has 27 heavy (non-hydrogen) atoms. The monoisotopic (exact) mass is 460 g/mol. The zero-order valence-corrected chi connectivity index (χ0v) is 14.5. The number of hydrogen-bond donors (Lipinski definition) is 0. The molecule has 0 unspecified atom stereocenters. The van der Waals surface area contributed by atoms with Gasteiger partial charge in [0.1, 0.15) is 17.0 Å². The number of alkyl halides is 8. The molecule has 0 fully saturated rings. The molecular formula is C13H3Cl3F8N2O. The third-order valence-corrected chi connectivity index (χ3v) is 4.07. The van der Waals surface area contributed by atoms with Gasteiger partial charge in [0.2, 0.25) is 0 Å². The van der Waals surface area contributed by atoms with Crippen molar-refractivity contribution in [3.05, 3.63) is 55.1 Å². The van der Waals surface area contributed by atoms with Gasteiger partial charge in [0.05, 0.1) is 21.3 Å². The first-order valence-electron chi connectivity index (χ1n) is 6.37. The molecule has 2 rings (SSSR count). The number of benzene rings is 1. The minimum Gasteiger partial charge on any atom is -0.267 e. The summed E-state index contributed by atoms with van der Waals surface area (Å²) < 4.78 is 102. The first-order chi connectivity index (χ1) is 12.1. The van der Waals surface area contributed by atoms with Crippen LogP contribution in [0, 0.1) is 0 Å². The van der Waals surface area contributed by atoms with Crippen LogP contribution in [0.4, 0.5) is 35.1 Å². The first kappa shape index (κ1) is 21.7. The van der Waals surface area contributed by atoms with Crippen molar-refractivity contribution in [3.63, 3.8) is 0 Å². The average molecular weight is 462 g/mol. The van der Waals surface area contributed by atoms with E-state index in [4.69, 9.17) is 34.8 Å². The SMILES string of the molecule is O=c1c(Cl)c(C(F)(F)C(F)(F)F)ncn1-c1c(Cl)cc(C(F)(F)F)cc1Cl. The molecule has 2 aromatic rings. The van der Waals surface area contributed by atoms with Crippen LogP contribution in [0.15, 0.2) is 23.3 Å². The van der Waals surface area contributed by atoms with Gasteiger partial charge in [-0.1, -0.05) is 34.8 Å². The van der Waals surface area contributed by atoms with E-state index in [2.05, 4.69) is 4.98 Å². The van der Waals surface area contributed by atoms with Crippen molar-refractivity contribution in [3.8, 4) is 5.69 Å². The fourth-order valence-electron chi connectivity index (χ4n) is 1.90. The number of rotatable bonds is 2. The molecule has 0 saturated carbocycles. The van der Waals surface area contributed by atoms with Crippen LogP contribution in [0.3, 0.4) is 0 Å². The lowest BCUT2D eigenvalue weighted by Crippen LogP contribution is -2.37. The van der Waals surface area contributed by atoms with E-state index in [0.29, 0.717) is 12.1 Å². The summed E-state index contributed by atoms with van der Waals surface area (Å²) in [5.41, 5.74) is -5.63. The molecule has 0 atom stereocenters. The zero-order valence-electron chi connectivity index (χ0n) is 12.2. The van der Waals surface area contributed by atoms with Gasteiger partial charge in [0.25, 0.3) is 5.56 Å². The molecule has 0 amide bonds. The predicted octanol–water partition coefficient (Wildman–Crippen LogP) is 5.87. The molecule has 1 aromatic heterocycles. The molecule has 0 radical (unpaired) electrons. The summed E-state index contributed by atoms with van der Waals surface area (Å²) >= 11 is 16.6. The highest BCUT2D eigenvalue weighted by molar-refractivity contribution is 6.38. The third kappa shape index (κ3) is 3.85. The first-order valence-corrected chi connectivity index (χ1v) is 7.51. The van der Waals surface area contributed by atoms with Gasteiger partial charge in [-0.3, -0.25) is 9.36 Å². The highest BCUT2D eigenvalue weighted by atomic mass is 35.5. The summed E-state index contributed by atoms with van der Waals surface area (Å²) in [6, 6.07) is 0.753. The number of nitrogens with zero attached hydrogens (tertiary/aromatic N) is 2. The van der Waals surface area contributed by atoms with Gasteiger partial charge in [0.15, 0.2) is 0 Å². The molecule has 14 heteroatoms. The average Bonchev–Trinajstić information content (AvgIpc) is 2.48. The fourth-order valence-corrected chi connectivity index (χ4v) is 2.83. The van der Waals surface area contributed by atoms with E-state index in [-0.39, 0.29) is 10.9 Å². The van der Waals surface area contributed by atoms with Gasteiger partial charge < -0.3 is 0 Å². The predicted molar refractivity (Wildman–Crippen MR) is 79.8 cm³/mol. The maximum Gasteiger partial charge on any atom is 0.459 e. The zero-order chi connectivity index (χ0) is 20.9. The summed E-state index contributed by atoms with van der Waals surface area (Å²) in [6.07, 6.45) is -10.7. The van der Waals surface area contributed by atoms with Gasteiger partial charge in [-0.15, -0.1) is 0 Å². The molecule has 0 aliphatic heterocycles. The van der Waals surface area contributed by atoms with Gasteiger partial charge in [0, 0.05) is 0 Å². The molecule has 0 N–H and O–H groups in total. The maximum absolute atomic E-state index is 13.4. The standard InChI is InChI=1S/C13H3Cl3F8N2O/c14-5-1-4(12(19,20)21)2-6(15)8(5)26-3-25-9(7(16)10(26)27)11(17,18)13(22,23)24/h1-3H. The minimum atomic E-state index is -6.09. The maximum atomic E-state index is 13.4. The minimum absolute atomic E-state index is 0.198. The molecule has 0 spiro atoms. The topological polar surface area (TPSA) is 34.9 Å². The van der Waals surface area contributed by atoms with Crippen LogP contribution in [0.5, 0.6) is 0 Å². The third-order valence-electron chi connectivity index (χ3n) is 3.16. The van der Waals surface area contributed by atoms with Crippen LogP contribution in [0.25, 0.3) is 5.69 Å². The van der Waals surface area contributed by atoms with Crippen LogP contribution in [-0.4, -0.2) is 15.7 Å². The van der Waals surface area contributed by atoms with Crippen LogP contribution in [-0.2, 0) is 12.1 Å². The van der Waals surface area contributed by atoms with Crippen LogP contribution in [0.1, 0.15) is 11.3 Å². The Morgan fingerprint density at radius 2 is 1.37 bits per heavy atom. The quantitative estimate of drug-likeness (QED) is 0.525. The fraction of sp³-hybridized carbons (Fsp3) is 0.231. The van der Waals surface area contributed by atoms with Gasteiger partial charge in [-0.05, 0) is 12.1 Å². The van der Waals surface area contributed by atoms with E-state index < -0.39 is 55.8 Å². The molecule has 0 saturated heterocycles. The van der Waals surface area contributed by atoms with Crippen molar-refractivity contribution in [1.82, 2.24) is 9.55 Å². The van der Waals surface area contributed by atoms with Gasteiger partial charge in [-0.2, -0.15) is 35.1 Å². The van der Waals surface area contributed by atoms with Crippen molar-refractivity contribution in [2.24, 2.45) is 0 Å². The number of hydrogen-bond acceptors (Lipinski definition) is 2. The molecule has 1 aromatic carbocycles. The van der Waals surface area contributed by atoms with E-state index in [1.165, 1.54) is 0 Å². The molecular weight excluding hydrogens is 458 g/mol. The van der Waals surface area contributed by atoms with Crippen molar-refractivity contribution in [1.29, 1.82) is 0 Å². The second-order valence-corrected chi connectivity index (χ2v) is 6.13. The molecule has 0 bridgehead atoms. The Balaban J connectivity index is 2.71. The highest BCUT2D eigenvalue weighted by Gasteiger charge is 2.61. The van der Waals surface area contributed by atoms with E-state index in [1.54, 1.807) is 0 Å². The van der Waals surface area contributed by atoms with Crippen molar-refractivity contribution < 1.29 is 35.1 Å². The van der Waals surface area contributed by atoms with Gasteiger partial charge in [-0.25, -0.2) is 4.98 Å². The molecule has 0 aliphatic rings. The van der Waals surface area contributed by atoms with E-state index in [0.717, 1.165) is 0 Å². The lowest BCUT2D eigenvalue weighted by Gasteiger charge is -2.20. The van der Waals surface area contributed by atoms with E-state index in [9.17, 15) is 39.9 Å². The van der Waals surface area contributed by atoms with Crippen LogP contribution < -0.4 is 5.56 Å². The van der Waals surface area contributed by atoms with Crippen molar-refractivity contribution >= 4 is 34.8 Å². The summed E-state index contributed by atoms with van der Waals surface area (Å²) in [6.45, 7) is 0. The number of halogens is 11. The summed E-state index contributed by atoms with van der Waals surface area (Å²) in [5.74, 6) is -5.55. The molecule has 0 aliphatic carbocycles. The molecule has 3 nitrogen and oxygen atoms in total. The highest BCUT2D eigenvalue weighted by Crippen LogP contribution is 2.44.